The van der Waals surface area contributed by atoms with Gasteiger partial charge in [-0.25, -0.2) is 0 Å². The van der Waals surface area contributed by atoms with Gasteiger partial charge in [-0.2, -0.15) is 0 Å². The standard InChI is InChI=1S/C12H9BrCl2N2O/c1-17-6-7(13)2-11(17)12(18)16-10-4-8(14)3-9(15)5-10/h2-6H,1H3,(H,16,18). The molecule has 0 bridgehead atoms. The first-order chi connectivity index (χ1) is 8.45. The molecular formula is C12H9BrCl2N2O. The SMILES string of the molecule is Cn1cc(Br)cc1C(=O)Nc1cc(Cl)cc(Cl)c1. The molecule has 6 heteroatoms. The van der Waals surface area contributed by atoms with Crippen LogP contribution in [0.3, 0.4) is 0 Å². The number of halogens is 3. The molecule has 0 saturated heterocycles. The van der Waals surface area contributed by atoms with Gasteiger partial charge in [0.1, 0.15) is 5.69 Å². The van der Waals surface area contributed by atoms with Crippen LogP contribution in [0.15, 0.2) is 34.9 Å². The average Bonchev–Trinajstić information content (AvgIpc) is 2.56. The highest BCUT2D eigenvalue weighted by Gasteiger charge is 2.11. The number of benzene rings is 1. The summed E-state index contributed by atoms with van der Waals surface area (Å²) in [6, 6.07) is 6.63. The van der Waals surface area contributed by atoms with Crippen molar-refractivity contribution in [2.24, 2.45) is 7.05 Å². The van der Waals surface area contributed by atoms with Gasteiger partial charge in [0, 0.05) is 33.4 Å². The molecule has 18 heavy (non-hydrogen) atoms. The van der Waals surface area contributed by atoms with Crippen molar-refractivity contribution in [1.82, 2.24) is 4.57 Å². The summed E-state index contributed by atoms with van der Waals surface area (Å²) >= 11 is 15.0. The van der Waals surface area contributed by atoms with Gasteiger partial charge in [-0.1, -0.05) is 23.2 Å². The molecular weight excluding hydrogens is 339 g/mol. The number of nitrogens with one attached hydrogen (secondary N) is 1. The van der Waals surface area contributed by atoms with Crippen molar-refractivity contribution < 1.29 is 4.79 Å². The number of carbonyl (C=O) groups excluding carboxylic acids is 1. The number of rotatable bonds is 2. The second-order valence-electron chi connectivity index (χ2n) is 3.77. The molecule has 0 spiro atoms. The van der Waals surface area contributed by atoms with Gasteiger partial charge in [-0.3, -0.25) is 4.79 Å². The predicted molar refractivity (Wildman–Crippen MR) is 77.5 cm³/mol. The van der Waals surface area contributed by atoms with E-state index in [1.54, 1.807) is 42.1 Å². The minimum atomic E-state index is -0.221. The summed E-state index contributed by atoms with van der Waals surface area (Å²) in [5, 5.41) is 3.70. The number of aryl methyl sites for hydroxylation is 1. The summed E-state index contributed by atoms with van der Waals surface area (Å²) in [6.07, 6.45) is 1.81. The van der Waals surface area contributed by atoms with Gasteiger partial charge in [0.15, 0.2) is 0 Å². The monoisotopic (exact) mass is 346 g/mol. The number of amides is 1. The lowest BCUT2D eigenvalue weighted by Gasteiger charge is -2.07. The minimum absolute atomic E-state index is 0.221. The van der Waals surface area contributed by atoms with E-state index in [2.05, 4.69) is 21.2 Å². The Kier molecular flexibility index (Phi) is 4.00. The highest BCUT2D eigenvalue weighted by molar-refractivity contribution is 9.10. The van der Waals surface area contributed by atoms with Gasteiger partial charge in [0.2, 0.25) is 0 Å². The third kappa shape index (κ3) is 3.07. The first-order valence-corrected chi connectivity index (χ1v) is 6.60. The molecule has 1 heterocycles. The zero-order valence-corrected chi connectivity index (χ0v) is 12.5. The topological polar surface area (TPSA) is 34.0 Å². The summed E-state index contributed by atoms with van der Waals surface area (Å²) < 4.78 is 2.57. The van der Waals surface area contributed by atoms with E-state index in [1.165, 1.54) is 0 Å². The molecule has 0 atom stereocenters. The lowest BCUT2D eigenvalue weighted by Crippen LogP contribution is -2.15. The third-order valence-electron chi connectivity index (χ3n) is 2.32. The molecule has 3 nitrogen and oxygen atoms in total. The first kappa shape index (κ1) is 13.5. The maximum absolute atomic E-state index is 12.0. The largest absolute Gasteiger partial charge is 0.345 e. The number of anilines is 1. The smallest absolute Gasteiger partial charge is 0.272 e. The molecule has 0 aliphatic carbocycles. The Bertz CT molecular complexity index is 590. The van der Waals surface area contributed by atoms with Crippen molar-refractivity contribution in [3.63, 3.8) is 0 Å². The molecule has 1 aromatic carbocycles. The van der Waals surface area contributed by atoms with Gasteiger partial charge in [0.05, 0.1) is 0 Å². The van der Waals surface area contributed by atoms with Gasteiger partial charge in [-0.05, 0) is 40.2 Å². The van der Waals surface area contributed by atoms with Crippen LogP contribution in [0.5, 0.6) is 0 Å². The number of hydrogen-bond donors (Lipinski definition) is 1. The Balaban J connectivity index is 2.23. The van der Waals surface area contributed by atoms with Crippen molar-refractivity contribution in [1.29, 1.82) is 0 Å². The van der Waals surface area contributed by atoms with Gasteiger partial charge in [0.25, 0.3) is 5.91 Å². The van der Waals surface area contributed by atoms with Crippen LogP contribution in [0.2, 0.25) is 10.0 Å². The normalized spacial score (nSPS) is 10.4. The molecule has 0 aliphatic rings. The van der Waals surface area contributed by atoms with Crippen LogP contribution in [0.25, 0.3) is 0 Å². The summed E-state index contributed by atoms with van der Waals surface area (Å²) in [4.78, 5) is 12.0. The van der Waals surface area contributed by atoms with E-state index < -0.39 is 0 Å². The van der Waals surface area contributed by atoms with Crippen molar-refractivity contribution in [2.45, 2.75) is 0 Å². The molecule has 0 aliphatic heterocycles. The Hall–Kier alpha value is -0.970. The fraction of sp³-hybridized carbons (Fsp3) is 0.0833. The van der Waals surface area contributed by atoms with Crippen LogP contribution in [-0.2, 0) is 7.05 Å². The fourth-order valence-corrected chi connectivity index (χ4v) is 2.62. The van der Waals surface area contributed by atoms with E-state index in [1.807, 2.05) is 0 Å². The van der Waals surface area contributed by atoms with E-state index in [0.29, 0.717) is 21.4 Å². The average molecular weight is 348 g/mol. The van der Waals surface area contributed by atoms with Crippen LogP contribution in [0, 0.1) is 0 Å². The molecule has 0 radical (unpaired) electrons. The Labute approximate surface area is 123 Å². The highest BCUT2D eigenvalue weighted by Crippen LogP contribution is 2.23. The molecule has 2 rings (SSSR count). The number of aromatic nitrogens is 1. The highest BCUT2D eigenvalue weighted by atomic mass is 79.9. The molecule has 2 aromatic rings. The third-order valence-corrected chi connectivity index (χ3v) is 3.19. The summed E-state index contributed by atoms with van der Waals surface area (Å²) in [5.74, 6) is -0.221. The van der Waals surface area contributed by atoms with Crippen LogP contribution in [0.4, 0.5) is 5.69 Å². The molecule has 1 amide bonds. The van der Waals surface area contributed by atoms with Crippen molar-refractivity contribution >= 4 is 50.7 Å². The molecule has 1 aromatic heterocycles. The molecule has 0 saturated carbocycles. The van der Waals surface area contributed by atoms with Gasteiger partial charge < -0.3 is 9.88 Å². The Morgan fingerprint density at radius 3 is 2.33 bits per heavy atom. The fourth-order valence-electron chi connectivity index (χ4n) is 1.57. The van der Waals surface area contributed by atoms with E-state index >= 15 is 0 Å². The summed E-state index contributed by atoms with van der Waals surface area (Å²) in [6.45, 7) is 0. The molecule has 0 fully saturated rings. The summed E-state index contributed by atoms with van der Waals surface area (Å²) in [5.41, 5.74) is 1.10. The first-order valence-electron chi connectivity index (χ1n) is 5.05. The van der Waals surface area contributed by atoms with Crippen molar-refractivity contribution in [3.05, 3.63) is 50.7 Å². The lowest BCUT2D eigenvalue weighted by atomic mass is 10.3. The molecule has 94 valence electrons. The van der Waals surface area contributed by atoms with Crippen LogP contribution in [0.1, 0.15) is 10.5 Å². The van der Waals surface area contributed by atoms with Crippen LogP contribution < -0.4 is 5.32 Å². The lowest BCUT2D eigenvalue weighted by molar-refractivity contribution is 0.101. The summed E-state index contributed by atoms with van der Waals surface area (Å²) in [7, 11) is 1.80. The minimum Gasteiger partial charge on any atom is -0.345 e. The van der Waals surface area contributed by atoms with Gasteiger partial charge >= 0.3 is 0 Å². The number of hydrogen-bond acceptors (Lipinski definition) is 1. The van der Waals surface area contributed by atoms with Crippen LogP contribution in [-0.4, -0.2) is 10.5 Å². The second kappa shape index (κ2) is 5.34. The Morgan fingerprint density at radius 2 is 1.83 bits per heavy atom. The maximum atomic E-state index is 12.0. The van der Waals surface area contributed by atoms with Crippen LogP contribution >= 0.6 is 39.1 Å². The van der Waals surface area contributed by atoms with Gasteiger partial charge in [-0.15, -0.1) is 0 Å². The maximum Gasteiger partial charge on any atom is 0.272 e. The molecule has 1 N–H and O–H groups in total. The molecule has 0 unspecified atom stereocenters. The van der Waals surface area contributed by atoms with E-state index in [-0.39, 0.29) is 5.91 Å². The van der Waals surface area contributed by atoms with E-state index in [4.69, 9.17) is 23.2 Å². The number of carbonyl (C=O) groups is 1. The number of nitrogens with zero attached hydrogens (tertiary/aromatic N) is 1. The Morgan fingerprint density at radius 1 is 1.22 bits per heavy atom. The van der Waals surface area contributed by atoms with Crippen molar-refractivity contribution in [2.75, 3.05) is 5.32 Å². The predicted octanol–water partition coefficient (Wildman–Crippen LogP) is 4.35. The zero-order chi connectivity index (χ0) is 13.3. The van der Waals surface area contributed by atoms with E-state index in [0.717, 1.165) is 4.47 Å². The quantitative estimate of drug-likeness (QED) is 0.861. The second-order valence-corrected chi connectivity index (χ2v) is 5.56. The van der Waals surface area contributed by atoms with Crippen molar-refractivity contribution in [3.8, 4) is 0 Å². The zero-order valence-electron chi connectivity index (χ0n) is 9.38. The van der Waals surface area contributed by atoms with E-state index in [9.17, 15) is 4.79 Å².